The Morgan fingerprint density at radius 2 is 1.70 bits per heavy atom. The first-order valence-electron chi connectivity index (χ1n) is 6.80. The second-order valence-electron chi connectivity index (χ2n) is 4.42. The number of hydrogen-bond acceptors (Lipinski definition) is 3. The zero-order valence-electron chi connectivity index (χ0n) is 11.5. The second kappa shape index (κ2) is 7.34. The van der Waals surface area contributed by atoms with E-state index in [2.05, 4.69) is 0 Å². The van der Waals surface area contributed by atoms with Crippen molar-refractivity contribution in [2.75, 3.05) is 6.61 Å². The van der Waals surface area contributed by atoms with Gasteiger partial charge in [-0.3, -0.25) is 0 Å². The van der Waals surface area contributed by atoms with Gasteiger partial charge in [0.1, 0.15) is 5.75 Å². The monoisotopic (exact) mass is 270 g/mol. The van der Waals surface area contributed by atoms with Crippen molar-refractivity contribution in [3.8, 4) is 16.9 Å². The van der Waals surface area contributed by atoms with Crippen molar-refractivity contribution in [1.29, 1.82) is 0 Å². The van der Waals surface area contributed by atoms with Crippen molar-refractivity contribution in [2.45, 2.75) is 19.8 Å². The molecule has 2 rings (SSSR count). The molecule has 0 saturated carbocycles. The number of carbonyl (C=O) groups excluding carboxylic acids is 1. The normalized spacial score (nSPS) is 10.1. The fourth-order valence-electron chi connectivity index (χ4n) is 1.83. The maximum absolute atomic E-state index is 11.6. The molecule has 0 saturated heterocycles. The van der Waals surface area contributed by atoms with Crippen LogP contribution in [0.3, 0.4) is 0 Å². The maximum Gasteiger partial charge on any atom is 0.513 e. The highest BCUT2D eigenvalue weighted by molar-refractivity contribution is 5.74. The van der Waals surface area contributed by atoms with Crippen molar-refractivity contribution in [2.24, 2.45) is 0 Å². The summed E-state index contributed by atoms with van der Waals surface area (Å²) in [6.45, 7) is 2.43. The Kier molecular flexibility index (Phi) is 5.18. The summed E-state index contributed by atoms with van der Waals surface area (Å²) in [4.78, 5) is 11.6. The van der Waals surface area contributed by atoms with Crippen LogP contribution in [0.2, 0.25) is 0 Å². The van der Waals surface area contributed by atoms with E-state index in [0.29, 0.717) is 12.4 Å². The minimum atomic E-state index is -0.651. The lowest BCUT2D eigenvalue weighted by atomic mass is 10.1. The fourth-order valence-corrected chi connectivity index (χ4v) is 1.83. The highest BCUT2D eigenvalue weighted by Gasteiger charge is 2.10. The first kappa shape index (κ1) is 14.1. The molecule has 0 atom stereocenters. The van der Waals surface area contributed by atoms with Gasteiger partial charge >= 0.3 is 6.16 Å². The van der Waals surface area contributed by atoms with Crippen LogP contribution in [0.1, 0.15) is 19.8 Å². The summed E-state index contributed by atoms with van der Waals surface area (Å²) in [6.07, 6.45) is 1.17. The van der Waals surface area contributed by atoms with Gasteiger partial charge in [0.2, 0.25) is 0 Å². The van der Waals surface area contributed by atoms with Gasteiger partial charge in [0.05, 0.1) is 6.61 Å². The van der Waals surface area contributed by atoms with Crippen LogP contribution in [-0.4, -0.2) is 12.8 Å². The molecule has 0 radical (unpaired) electrons. The Bertz CT molecular complexity index is 549. The highest BCUT2D eigenvalue weighted by Crippen LogP contribution is 2.29. The quantitative estimate of drug-likeness (QED) is 0.450. The molecule has 0 spiro atoms. The summed E-state index contributed by atoms with van der Waals surface area (Å²) in [7, 11) is 0. The molecule has 0 bridgehead atoms. The number of para-hydroxylation sites is 1. The SMILES string of the molecule is CCCCOC(=O)Oc1ccccc1-c1ccccc1. The number of ether oxygens (including phenoxy) is 2. The Morgan fingerprint density at radius 3 is 2.45 bits per heavy atom. The summed E-state index contributed by atoms with van der Waals surface area (Å²) in [6, 6.07) is 17.2. The van der Waals surface area contributed by atoms with Crippen LogP contribution < -0.4 is 4.74 Å². The van der Waals surface area contributed by atoms with Crippen molar-refractivity contribution in [3.05, 3.63) is 54.6 Å². The molecular weight excluding hydrogens is 252 g/mol. The van der Waals surface area contributed by atoms with Gasteiger partial charge in [-0.15, -0.1) is 0 Å². The molecule has 0 aromatic heterocycles. The third-order valence-electron chi connectivity index (χ3n) is 2.88. The lowest BCUT2D eigenvalue weighted by Crippen LogP contribution is -2.11. The minimum Gasteiger partial charge on any atom is -0.434 e. The van der Waals surface area contributed by atoms with Crippen LogP contribution >= 0.6 is 0 Å². The predicted molar refractivity (Wildman–Crippen MR) is 78.8 cm³/mol. The molecule has 0 unspecified atom stereocenters. The molecule has 0 heterocycles. The van der Waals surface area contributed by atoms with Gasteiger partial charge in [-0.25, -0.2) is 4.79 Å². The van der Waals surface area contributed by atoms with E-state index < -0.39 is 6.16 Å². The van der Waals surface area contributed by atoms with E-state index in [1.165, 1.54) is 0 Å². The molecule has 2 aromatic carbocycles. The van der Waals surface area contributed by atoms with E-state index in [4.69, 9.17) is 9.47 Å². The van der Waals surface area contributed by atoms with Crippen molar-refractivity contribution < 1.29 is 14.3 Å². The van der Waals surface area contributed by atoms with E-state index >= 15 is 0 Å². The van der Waals surface area contributed by atoms with Gasteiger partial charge < -0.3 is 9.47 Å². The third kappa shape index (κ3) is 3.85. The van der Waals surface area contributed by atoms with Crippen molar-refractivity contribution >= 4 is 6.16 Å². The van der Waals surface area contributed by atoms with Gasteiger partial charge in [0.25, 0.3) is 0 Å². The first-order chi connectivity index (χ1) is 9.81. The molecule has 0 aliphatic carbocycles. The summed E-state index contributed by atoms with van der Waals surface area (Å²) in [5.74, 6) is 0.514. The summed E-state index contributed by atoms with van der Waals surface area (Å²) >= 11 is 0. The summed E-state index contributed by atoms with van der Waals surface area (Å²) < 4.78 is 10.3. The lowest BCUT2D eigenvalue weighted by Gasteiger charge is -2.10. The van der Waals surface area contributed by atoms with E-state index in [0.717, 1.165) is 24.0 Å². The molecule has 20 heavy (non-hydrogen) atoms. The van der Waals surface area contributed by atoms with Gasteiger partial charge in [-0.2, -0.15) is 0 Å². The fraction of sp³-hybridized carbons (Fsp3) is 0.235. The number of rotatable bonds is 5. The Morgan fingerprint density at radius 1 is 1.00 bits per heavy atom. The van der Waals surface area contributed by atoms with Gasteiger partial charge in [0, 0.05) is 5.56 Å². The van der Waals surface area contributed by atoms with Crippen LogP contribution in [-0.2, 0) is 4.74 Å². The molecule has 3 nitrogen and oxygen atoms in total. The summed E-state index contributed by atoms with van der Waals surface area (Å²) in [5, 5.41) is 0. The van der Waals surface area contributed by atoms with Crippen LogP contribution in [0, 0.1) is 0 Å². The number of unbranched alkanes of at least 4 members (excludes halogenated alkanes) is 1. The standard InChI is InChI=1S/C17H18O3/c1-2-3-13-19-17(18)20-16-12-8-7-11-15(16)14-9-5-4-6-10-14/h4-12H,2-3,13H2,1H3. The van der Waals surface area contributed by atoms with Gasteiger partial charge in [0.15, 0.2) is 0 Å². The molecule has 104 valence electrons. The molecule has 0 aliphatic rings. The van der Waals surface area contributed by atoms with Crippen LogP contribution in [0.15, 0.2) is 54.6 Å². The topological polar surface area (TPSA) is 35.5 Å². The first-order valence-corrected chi connectivity index (χ1v) is 6.80. The van der Waals surface area contributed by atoms with Crippen molar-refractivity contribution in [1.82, 2.24) is 0 Å². The van der Waals surface area contributed by atoms with Crippen LogP contribution in [0.25, 0.3) is 11.1 Å². The number of hydrogen-bond donors (Lipinski definition) is 0. The van der Waals surface area contributed by atoms with E-state index in [1.54, 1.807) is 6.07 Å². The van der Waals surface area contributed by atoms with Crippen LogP contribution in [0.5, 0.6) is 5.75 Å². The van der Waals surface area contributed by atoms with Crippen molar-refractivity contribution in [3.63, 3.8) is 0 Å². The van der Waals surface area contributed by atoms with E-state index in [1.807, 2.05) is 55.5 Å². The Labute approximate surface area is 119 Å². The largest absolute Gasteiger partial charge is 0.513 e. The van der Waals surface area contributed by atoms with Gasteiger partial charge in [-0.05, 0) is 18.1 Å². The zero-order chi connectivity index (χ0) is 14.2. The summed E-state index contributed by atoms with van der Waals surface area (Å²) in [5.41, 5.74) is 1.88. The Balaban J connectivity index is 2.11. The number of benzene rings is 2. The number of carbonyl (C=O) groups is 1. The minimum absolute atomic E-state index is 0.392. The average molecular weight is 270 g/mol. The molecule has 0 aliphatic heterocycles. The predicted octanol–water partition coefficient (Wildman–Crippen LogP) is 4.67. The van der Waals surface area contributed by atoms with E-state index in [9.17, 15) is 4.79 Å². The lowest BCUT2D eigenvalue weighted by molar-refractivity contribution is 0.0980. The molecule has 0 N–H and O–H groups in total. The second-order valence-corrected chi connectivity index (χ2v) is 4.42. The maximum atomic E-state index is 11.6. The molecule has 3 heteroatoms. The molecular formula is C17H18O3. The molecule has 0 fully saturated rings. The van der Waals surface area contributed by atoms with Gasteiger partial charge in [-0.1, -0.05) is 61.9 Å². The Hall–Kier alpha value is -2.29. The molecule has 2 aromatic rings. The third-order valence-corrected chi connectivity index (χ3v) is 2.88. The van der Waals surface area contributed by atoms with Crippen LogP contribution in [0.4, 0.5) is 4.79 Å². The average Bonchev–Trinajstić information content (AvgIpc) is 2.49. The smallest absolute Gasteiger partial charge is 0.434 e. The zero-order valence-corrected chi connectivity index (χ0v) is 11.5. The van der Waals surface area contributed by atoms with E-state index in [-0.39, 0.29) is 0 Å². The highest BCUT2D eigenvalue weighted by atomic mass is 16.7. The molecule has 0 amide bonds.